The molecule has 0 atom stereocenters. The summed E-state index contributed by atoms with van der Waals surface area (Å²) in [7, 11) is -4.70. The van der Waals surface area contributed by atoms with Gasteiger partial charge in [-0.1, -0.05) is 0 Å². The first-order valence-electron chi connectivity index (χ1n) is 6.76. The first-order valence-corrected chi connectivity index (χ1v) is 8.20. The minimum Gasteiger partial charge on any atom is -0.506 e. The van der Waals surface area contributed by atoms with Gasteiger partial charge in [0.05, 0.1) is 17.1 Å². The van der Waals surface area contributed by atoms with Crippen LogP contribution in [0.5, 0.6) is 11.5 Å². The molecular formula is C14H16N4O6S. The van der Waals surface area contributed by atoms with Gasteiger partial charge in [-0.05, 0) is 24.6 Å². The zero-order valence-electron chi connectivity index (χ0n) is 12.9. The van der Waals surface area contributed by atoms with Crippen LogP contribution in [0.2, 0.25) is 0 Å². The van der Waals surface area contributed by atoms with Crippen molar-refractivity contribution in [2.24, 2.45) is 0 Å². The number of nitrogens with one attached hydrogen (secondary N) is 2. The molecule has 0 unspecified atom stereocenters. The van der Waals surface area contributed by atoms with Gasteiger partial charge in [-0.2, -0.15) is 8.42 Å². The van der Waals surface area contributed by atoms with E-state index in [-0.39, 0.29) is 28.5 Å². The number of aromatic hydroxyl groups is 2. The Morgan fingerprint density at radius 2 is 1.44 bits per heavy atom. The molecule has 9 N–H and O–H groups in total. The van der Waals surface area contributed by atoms with Crippen molar-refractivity contribution in [2.45, 2.75) is 11.8 Å². The molecule has 0 saturated heterocycles. The van der Waals surface area contributed by atoms with E-state index in [4.69, 9.17) is 11.5 Å². The topological polar surface area (TPSA) is 188 Å². The Kier molecular flexibility index (Phi) is 4.63. The van der Waals surface area contributed by atoms with Crippen molar-refractivity contribution in [2.75, 3.05) is 22.1 Å². The maximum Gasteiger partial charge on any atom is 0.323 e. The molecule has 0 aliphatic carbocycles. The summed E-state index contributed by atoms with van der Waals surface area (Å²) in [6.45, 7) is 1.63. The molecule has 0 aliphatic heterocycles. The van der Waals surface area contributed by atoms with Crippen molar-refractivity contribution < 1.29 is 28.0 Å². The molecule has 0 spiro atoms. The quantitative estimate of drug-likeness (QED) is 0.241. The fourth-order valence-electron chi connectivity index (χ4n) is 2.02. The highest BCUT2D eigenvalue weighted by atomic mass is 32.2. The number of anilines is 4. The third kappa shape index (κ3) is 4.02. The molecule has 134 valence electrons. The molecule has 2 rings (SSSR count). The van der Waals surface area contributed by atoms with Crippen LogP contribution in [0.1, 0.15) is 5.56 Å². The zero-order valence-corrected chi connectivity index (χ0v) is 13.8. The Bertz CT molecular complexity index is 958. The summed E-state index contributed by atoms with van der Waals surface area (Å²) in [4.78, 5) is 11.4. The Balaban J connectivity index is 2.33. The van der Waals surface area contributed by atoms with Gasteiger partial charge in [-0.3, -0.25) is 4.55 Å². The van der Waals surface area contributed by atoms with Gasteiger partial charge in [-0.25, -0.2) is 4.79 Å². The fraction of sp³-hybridized carbons (Fsp3) is 0.0714. The second kappa shape index (κ2) is 6.37. The average molecular weight is 368 g/mol. The van der Waals surface area contributed by atoms with Gasteiger partial charge in [0.15, 0.2) is 0 Å². The second-order valence-corrected chi connectivity index (χ2v) is 6.58. The largest absolute Gasteiger partial charge is 0.506 e. The first kappa shape index (κ1) is 18.2. The van der Waals surface area contributed by atoms with Crippen LogP contribution in [-0.2, 0) is 10.1 Å². The number of rotatable bonds is 3. The van der Waals surface area contributed by atoms with E-state index in [0.29, 0.717) is 5.56 Å². The maximum atomic E-state index is 12.1. The Labute approximate surface area is 142 Å². The second-order valence-electron chi connectivity index (χ2n) is 5.19. The van der Waals surface area contributed by atoms with E-state index in [1.807, 2.05) is 0 Å². The van der Waals surface area contributed by atoms with Crippen LogP contribution in [-0.4, -0.2) is 29.2 Å². The SMILES string of the molecule is Cc1cc(N)c(O)cc1NC(=O)Nc1cc(O)c(N)cc1S(=O)(=O)O. The monoisotopic (exact) mass is 368 g/mol. The molecule has 10 nitrogen and oxygen atoms in total. The third-order valence-electron chi connectivity index (χ3n) is 3.28. The van der Waals surface area contributed by atoms with Gasteiger partial charge in [0.2, 0.25) is 0 Å². The standard InChI is InChI=1S/C14H16N4O6S/c1-6-2-7(15)11(19)4-9(6)17-14(21)18-10-5-12(20)8(16)3-13(10)25(22,23)24/h2-5,19-20H,15-16H2,1H3,(H2,17,18,21)(H,22,23,24). The van der Waals surface area contributed by atoms with Crippen molar-refractivity contribution in [1.29, 1.82) is 0 Å². The molecule has 25 heavy (non-hydrogen) atoms. The van der Waals surface area contributed by atoms with Gasteiger partial charge in [0, 0.05) is 17.8 Å². The van der Waals surface area contributed by atoms with E-state index in [1.54, 1.807) is 6.92 Å². The molecule has 0 saturated carbocycles. The molecule has 2 aromatic carbocycles. The lowest BCUT2D eigenvalue weighted by Crippen LogP contribution is -2.21. The van der Waals surface area contributed by atoms with Crippen LogP contribution < -0.4 is 22.1 Å². The number of phenolic OH excluding ortho intramolecular Hbond substituents is 2. The zero-order chi connectivity index (χ0) is 18.9. The van der Waals surface area contributed by atoms with Crippen molar-refractivity contribution in [3.63, 3.8) is 0 Å². The Morgan fingerprint density at radius 3 is 2.00 bits per heavy atom. The van der Waals surface area contributed by atoms with E-state index in [9.17, 15) is 28.0 Å². The lowest BCUT2D eigenvalue weighted by atomic mass is 10.1. The van der Waals surface area contributed by atoms with Crippen LogP contribution in [0.15, 0.2) is 29.2 Å². The number of nitrogen functional groups attached to an aromatic ring is 2. The van der Waals surface area contributed by atoms with E-state index in [2.05, 4.69) is 10.6 Å². The highest BCUT2D eigenvalue weighted by Gasteiger charge is 2.20. The molecule has 0 bridgehead atoms. The van der Waals surface area contributed by atoms with Crippen LogP contribution >= 0.6 is 0 Å². The van der Waals surface area contributed by atoms with Gasteiger partial charge in [0.25, 0.3) is 10.1 Å². The number of carbonyl (C=O) groups is 1. The lowest BCUT2D eigenvalue weighted by molar-refractivity contribution is 0.262. The highest BCUT2D eigenvalue weighted by molar-refractivity contribution is 7.86. The Morgan fingerprint density at radius 1 is 0.960 bits per heavy atom. The van der Waals surface area contributed by atoms with E-state index >= 15 is 0 Å². The van der Waals surface area contributed by atoms with Crippen LogP contribution in [0.3, 0.4) is 0 Å². The molecule has 0 heterocycles. The summed E-state index contributed by atoms with van der Waals surface area (Å²) in [5.41, 5.74) is 11.1. The molecule has 0 aromatic heterocycles. The number of amides is 2. The number of carbonyl (C=O) groups excluding carboxylic acids is 1. The van der Waals surface area contributed by atoms with E-state index < -0.39 is 26.8 Å². The smallest absolute Gasteiger partial charge is 0.323 e. The molecule has 2 amide bonds. The number of phenols is 2. The average Bonchev–Trinajstić information content (AvgIpc) is 2.47. The lowest BCUT2D eigenvalue weighted by Gasteiger charge is -2.14. The van der Waals surface area contributed by atoms with Gasteiger partial charge < -0.3 is 32.3 Å². The third-order valence-corrected chi connectivity index (χ3v) is 4.17. The number of aryl methyl sites for hydroxylation is 1. The van der Waals surface area contributed by atoms with Gasteiger partial charge in [-0.15, -0.1) is 0 Å². The number of benzene rings is 2. The number of hydrogen-bond acceptors (Lipinski definition) is 7. The van der Waals surface area contributed by atoms with Crippen molar-refractivity contribution >= 4 is 38.9 Å². The summed E-state index contributed by atoms with van der Waals surface area (Å²) >= 11 is 0. The van der Waals surface area contributed by atoms with Gasteiger partial charge in [0.1, 0.15) is 16.4 Å². The predicted molar refractivity (Wildman–Crippen MR) is 92.2 cm³/mol. The molecule has 2 aromatic rings. The van der Waals surface area contributed by atoms with Gasteiger partial charge >= 0.3 is 6.03 Å². The minimum atomic E-state index is -4.70. The fourth-order valence-corrected chi connectivity index (χ4v) is 2.69. The summed E-state index contributed by atoms with van der Waals surface area (Å²) < 4.78 is 32.0. The number of hydrogen-bond donors (Lipinski definition) is 7. The molecule has 0 aliphatic rings. The maximum absolute atomic E-state index is 12.1. The first-order chi connectivity index (χ1) is 11.5. The van der Waals surface area contributed by atoms with Crippen molar-refractivity contribution in [3.8, 4) is 11.5 Å². The van der Waals surface area contributed by atoms with Crippen molar-refractivity contribution in [1.82, 2.24) is 0 Å². The van der Waals surface area contributed by atoms with Crippen molar-refractivity contribution in [3.05, 3.63) is 29.8 Å². The van der Waals surface area contributed by atoms with Crippen LogP contribution in [0.4, 0.5) is 27.5 Å². The molecule has 11 heteroatoms. The number of urea groups is 1. The summed E-state index contributed by atoms with van der Waals surface area (Å²) in [5.74, 6) is -0.728. The summed E-state index contributed by atoms with van der Waals surface area (Å²) in [5, 5.41) is 23.7. The minimum absolute atomic E-state index is 0.126. The Hall–Kier alpha value is -3.18. The number of nitrogens with two attached hydrogens (primary N) is 2. The van der Waals surface area contributed by atoms with E-state index in [1.165, 1.54) is 12.1 Å². The predicted octanol–water partition coefficient (Wildman–Crippen LogP) is 1.46. The summed E-state index contributed by atoms with van der Waals surface area (Å²) in [6, 6.07) is 3.45. The normalized spacial score (nSPS) is 11.1. The highest BCUT2D eigenvalue weighted by Crippen LogP contribution is 2.32. The van der Waals surface area contributed by atoms with Crippen LogP contribution in [0.25, 0.3) is 0 Å². The molecular weight excluding hydrogens is 352 g/mol. The molecule has 0 fully saturated rings. The molecule has 0 radical (unpaired) electrons. The summed E-state index contributed by atoms with van der Waals surface area (Å²) in [6.07, 6.45) is 0. The van der Waals surface area contributed by atoms with E-state index in [0.717, 1.165) is 12.1 Å². The van der Waals surface area contributed by atoms with Crippen LogP contribution in [0, 0.1) is 6.92 Å².